The smallest absolute Gasteiger partial charge is 0.315 e. The number of Topliss-reactive ketones (excluding diaryl/α,β-unsaturated/α-hetero) is 1. The Morgan fingerprint density at radius 1 is 1.26 bits per heavy atom. The van der Waals surface area contributed by atoms with Crippen LogP contribution in [0.4, 0.5) is 0 Å². The number of ketones is 1. The molecule has 1 aliphatic carbocycles. The molecule has 1 unspecified atom stereocenters. The highest BCUT2D eigenvalue weighted by molar-refractivity contribution is 6.08. The molecule has 2 atom stereocenters. The molecule has 0 saturated heterocycles. The number of rotatable bonds is 3. The second-order valence-corrected chi connectivity index (χ2v) is 6.01. The predicted molar refractivity (Wildman–Crippen MR) is 88.3 cm³/mol. The van der Waals surface area contributed by atoms with Gasteiger partial charge in [0.2, 0.25) is 0 Å². The summed E-state index contributed by atoms with van der Waals surface area (Å²) in [6.07, 6.45) is 2.17. The first kappa shape index (κ1) is 15.7. The predicted octanol–water partition coefficient (Wildman–Crippen LogP) is 3.43. The highest BCUT2D eigenvalue weighted by Crippen LogP contribution is 2.43. The summed E-state index contributed by atoms with van der Waals surface area (Å²) in [4.78, 5) is 29.7. The van der Waals surface area contributed by atoms with Crippen molar-refractivity contribution < 1.29 is 14.3 Å². The quantitative estimate of drug-likeness (QED) is 0.804. The van der Waals surface area contributed by atoms with Crippen molar-refractivity contribution in [3.63, 3.8) is 0 Å². The van der Waals surface area contributed by atoms with E-state index in [-0.39, 0.29) is 17.7 Å². The first-order chi connectivity index (χ1) is 11.1. The van der Waals surface area contributed by atoms with Gasteiger partial charge in [0, 0.05) is 29.3 Å². The summed E-state index contributed by atoms with van der Waals surface area (Å²) in [6, 6.07) is 9.76. The fourth-order valence-electron chi connectivity index (χ4n) is 3.56. The van der Waals surface area contributed by atoms with Gasteiger partial charge in [-0.3, -0.25) is 14.6 Å². The summed E-state index contributed by atoms with van der Waals surface area (Å²) >= 11 is 0. The van der Waals surface area contributed by atoms with Crippen LogP contribution < -0.4 is 0 Å². The number of carbonyl (C=O) groups excluding carboxylic acids is 2. The second-order valence-electron chi connectivity index (χ2n) is 6.01. The first-order valence-corrected chi connectivity index (χ1v) is 8.16. The number of hydrogen-bond donors (Lipinski definition) is 0. The van der Waals surface area contributed by atoms with Gasteiger partial charge in [-0.15, -0.1) is 0 Å². The number of esters is 1. The number of ether oxygens (including phenoxy) is 1. The Hall–Kier alpha value is -2.23. The van der Waals surface area contributed by atoms with Crippen LogP contribution in [0.1, 0.15) is 44.6 Å². The number of allylic oxidation sites excluding steroid dienone is 2. The zero-order valence-corrected chi connectivity index (χ0v) is 13.5. The summed E-state index contributed by atoms with van der Waals surface area (Å²) in [7, 11) is 0. The van der Waals surface area contributed by atoms with E-state index < -0.39 is 5.92 Å². The lowest BCUT2D eigenvalue weighted by atomic mass is 9.72. The molecule has 1 aromatic rings. The van der Waals surface area contributed by atoms with Crippen molar-refractivity contribution >= 4 is 17.5 Å². The Balaban J connectivity index is 2.13. The largest absolute Gasteiger partial charge is 0.465 e. The number of aliphatic imine (C=N–C) groups is 1. The molecular weight excluding hydrogens is 290 g/mol. The molecule has 0 saturated carbocycles. The maximum absolute atomic E-state index is 12.6. The zero-order chi connectivity index (χ0) is 16.4. The van der Waals surface area contributed by atoms with Gasteiger partial charge in [-0.05, 0) is 32.3 Å². The van der Waals surface area contributed by atoms with Gasteiger partial charge in [0.1, 0.15) is 5.92 Å². The SMILES string of the molecule is CCOC(=O)C1C(C)=NC2=C(C(=O)CCC2)[C@@H]1c1ccccc1. The average molecular weight is 311 g/mol. The molecule has 0 fully saturated rings. The summed E-state index contributed by atoms with van der Waals surface area (Å²) in [5.41, 5.74) is 3.28. The van der Waals surface area contributed by atoms with E-state index in [0.29, 0.717) is 18.6 Å². The van der Waals surface area contributed by atoms with Crippen LogP contribution in [0.15, 0.2) is 46.6 Å². The maximum Gasteiger partial charge on any atom is 0.315 e. The Kier molecular flexibility index (Phi) is 4.42. The Bertz CT molecular complexity index is 688. The summed E-state index contributed by atoms with van der Waals surface area (Å²) in [6.45, 7) is 3.98. The Morgan fingerprint density at radius 2 is 2.00 bits per heavy atom. The molecule has 0 amide bonds. The number of hydrogen-bond acceptors (Lipinski definition) is 4. The van der Waals surface area contributed by atoms with Gasteiger partial charge < -0.3 is 4.74 Å². The van der Waals surface area contributed by atoms with E-state index in [1.54, 1.807) is 6.92 Å². The fourth-order valence-corrected chi connectivity index (χ4v) is 3.56. The molecule has 0 spiro atoms. The van der Waals surface area contributed by atoms with Crippen molar-refractivity contribution in [2.75, 3.05) is 6.61 Å². The monoisotopic (exact) mass is 311 g/mol. The Labute approximate surface area is 136 Å². The molecule has 1 aliphatic heterocycles. The molecule has 4 nitrogen and oxygen atoms in total. The highest BCUT2D eigenvalue weighted by atomic mass is 16.5. The summed E-state index contributed by atoms with van der Waals surface area (Å²) in [5, 5.41) is 0. The first-order valence-electron chi connectivity index (χ1n) is 8.16. The van der Waals surface area contributed by atoms with Crippen molar-refractivity contribution in [2.45, 2.75) is 39.0 Å². The van der Waals surface area contributed by atoms with Crippen molar-refractivity contribution in [1.82, 2.24) is 0 Å². The van der Waals surface area contributed by atoms with Crippen LogP contribution in [0.5, 0.6) is 0 Å². The molecule has 2 aliphatic rings. The van der Waals surface area contributed by atoms with Gasteiger partial charge in [-0.25, -0.2) is 0 Å². The molecule has 120 valence electrons. The molecule has 23 heavy (non-hydrogen) atoms. The van der Waals surface area contributed by atoms with Gasteiger partial charge in [-0.2, -0.15) is 0 Å². The van der Waals surface area contributed by atoms with Crippen LogP contribution in [0, 0.1) is 5.92 Å². The van der Waals surface area contributed by atoms with Crippen molar-refractivity contribution in [2.24, 2.45) is 10.9 Å². The minimum Gasteiger partial charge on any atom is -0.465 e. The van der Waals surface area contributed by atoms with Crippen LogP contribution >= 0.6 is 0 Å². The van der Waals surface area contributed by atoms with E-state index in [1.807, 2.05) is 37.3 Å². The topological polar surface area (TPSA) is 55.7 Å². The molecule has 4 heteroatoms. The van der Waals surface area contributed by atoms with E-state index in [1.165, 1.54) is 0 Å². The molecule has 3 rings (SSSR count). The van der Waals surface area contributed by atoms with Crippen LogP contribution in [0.3, 0.4) is 0 Å². The fraction of sp³-hybridized carbons (Fsp3) is 0.421. The van der Waals surface area contributed by atoms with Crippen LogP contribution in [-0.2, 0) is 14.3 Å². The van der Waals surface area contributed by atoms with Crippen molar-refractivity contribution in [3.8, 4) is 0 Å². The van der Waals surface area contributed by atoms with E-state index in [9.17, 15) is 9.59 Å². The highest BCUT2D eigenvalue weighted by Gasteiger charge is 2.42. The van der Waals surface area contributed by atoms with Gasteiger partial charge in [0.05, 0.1) is 6.61 Å². The molecule has 0 aromatic heterocycles. The standard InChI is InChI=1S/C19H21NO3/c1-3-23-19(22)16-12(2)20-14-10-7-11-15(21)18(14)17(16)13-8-5-4-6-9-13/h4-6,8-9,16-17H,3,7,10-11H2,1-2H3/t16?,17-/m1/s1. The molecule has 0 N–H and O–H groups in total. The summed E-state index contributed by atoms with van der Waals surface area (Å²) in [5.74, 6) is -0.980. The number of nitrogens with zero attached hydrogens (tertiary/aromatic N) is 1. The number of carbonyl (C=O) groups is 2. The minimum absolute atomic E-state index is 0.116. The second kappa shape index (κ2) is 6.49. The average Bonchev–Trinajstić information content (AvgIpc) is 2.54. The summed E-state index contributed by atoms with van der Waals surface area (Å²) < 4.78 is 5.26. The van der Waals surface area contributed by atoms with Crippen molar-refractivity contribution in [3.05, 3.63) is 47.2 Å². The Morgan fingerprint density at radius 3 is 2.70 bits per heavy atom. The lowest BCUT2D eigenvalue weighted by Crippen LogP contribution is -2.37. The molecule has 0 bridgehead atoms. The molecule has 1 heterocycles. The third kappa shape index (κ3) is 2.85. The third-order valence-corrected chi connectivity index (χ3v) is 4.53. The zero-order valence-electron chi connectivity index (χ0n) is 13.5. The van der Waals surface area contributed by atoms with E-state index in [2.05, 4.69) is 4.99 Å². The lowest BCUT2D eigenvalue weighted by molar-refractivity contribution is -0.146. The maximum atomic E-state index is 12.6. The lowest BCUT2D eigenvalue weighted by Gasteiger charge is -2.34. The van der Waals surface area contributed by atoms with E-state index >= 15 is 0 Å². The normalized spacial score (nSPS) is 24.1. The van der Waals surface area contributed by atoms with Crippen molar-refractivity contribution in [1.29, 1.82) is 0 Å². The molecule has 1 aromatic carbocycles. The van der Waals surface area contributed by atoms with Crippen LogP contribution in [0.2, 0.25) is 0 Å². The third-order valence-electron chi connectivity index (χ3n) is 4.53. The van der Waals surface area contributed by atoms with Gasteiger partial charge in [0.25, 0.3) is 0 Å². The van der Waals surface area contributed by atoms with Gasteiger partial charge in [-0.1, -0.05) is 30.3 Å². The van der Waals surface area contributed by atoms with Gasteiger partial charge in [0.15, 0.2) is 5.78 Å². The van der Waals surface area contributed by atoms with Gasteiger partial charge >= 0.3 is 5.97 Å². The molecule has 0 radical (unpaired) electrons. The minimum atomic E-state index is -0.516. The molecular formula is C19H21NO3. The number of benzene rings is 1. The van der Waals surface area contributed by atoms with E-state index in [0.717, 1.165) is 29.8 Å². The van der Waals surface area contributed by atoms with E-state index in [4.69, 9.17) is 4.74 Å². The van der Waals surface area contributed by atoms with Crippen LogP contribution in [0.25, 0.3) is 0 Å². The van der Waals surface area contributed by atoms with Crippen LogP contribution in [-0.4, -0.2) is 24.1 Å².